The van der Waals surface area contributed by atoms with E-state index in [1.807, 2.05) is 28.9 Å². The molecule has 0 radical (unpaired) electrons. The maximum absolute atomic E-state index is 5.31. The van der Waals surface area contributed by atoms with E-state index in [0.29, 0.717) is 5.92 Å². The second kappa shape index (κ2) is 6.59. The van der Waals surface area contributed by atoms with Gasteiger partial charge in [-0.3, -0.25) is 4.68 Å². The molecule has 17 heavy (non-hydrogen) atoms. The Morgan fingerprint density at radius 1 is 1.59 bits per heavy atom. The number of hydrogen-bond donors (Lipinski definition) is 1. The van der Waals surface area contributed by atoms with E-state index in [9.17, 15) is 0 Å². The van der Waals surface area contributed by atoms with Crippen molar-refractivity contribution in [2.24, 2.45) is 5.92 Å². The topological polar surface area (TPSA) is 33.1 Å². The normalized spacial score (nSPS) is 10.6. The Bertz CT molecular complexity index is 359. The van der Waals surface area contributed by atoms with Crippen molar-refractivity contribution in [3.05, 3.63) is 18.0 Å². The summed E-state index contributed by atoms with van der Waals surface area (Å²) in [5.41, 5.74) is 1.04. The molecule has 1 heterocycles. The van der Waals surface area contributed by atoms with Crippen molar-refractivity contribution >= 4 is 17.3 Å². The van der Waals surface area contributed by atoms with Crippen LogP contribution in [-0.2, 0) is 13.1 Å². The van der Waals surface area contributed by atoms with Gasteiger partial charge in [0.15, 0.2) is 5.11 Å². The first kappa shape index (κ1) is 14.0. The van der Waals surface area contributed by atoms with E-state index in [1.165, 1.54) is 0 Å². The molecule has 0 saturated heterocycles. The van der Waals surface area contributed by atoms with Gasteiger partial charge < -0.3 is 10.2 Å². The molecule has 0 aliphatic rings. The number of aromatic nitrogens is 2. The molecule has 0 bridgehead atoms. The van der Waals surface area contributed by atoms with Gasteiger partial charge in [-0.25, -0.2) is 0 Å². The van der Waals surface area contributed by atoms with Crippen LogP contribution in [0, 0.1) is 5.92 Å². The molecule has 0 amide bonds. The van der Waals surface area contributed by atoms with Gasteiger partial charge in [-0.15, -0.1) is 0 Å². The fraction of sp³-hybridized carbons (Fsp3) is 0.667. The zero-order valence-electron chi connectivity index (χ0n) is 11.1. The van der Waals surface area contributed by atoms with Crippen LogP contribution in [0.25, 0.3) is 0 Å². The fourth-order valence-electron chi connectivity index (χ4n) is 1.41. The van der Waals surface area contributed by atoms with E-state index in [0.717, 1.165) is 30.4 Å². The number of nitrogens with zero attached hydrogens (tertiary/aromatic N) is 3. The molecule has 1 aromatic heterocycles. The van der Waals surface area contributed by atoms with Gasteiger partial charge >= 0.3 is 0 Å². The summed E-state index contributed by atoms with van der Waals surface area (Å²) in [5, 5.41) is 8.46. The highest BCUT2D eigenvalue weighted by Gasteiger charge is 2.07. The zero-order valence-corrected chi connectivity index (χ0v) is 11.9. The van der Waals surface area contributed by atoms with Crippen molar-refractivity contribution in [3.63, 3.8) is 0 Å². The molecule has 0 aromatic carbocycles. The minimum atomic E-state index is 0.598. The highest BCUT2D eigenvalue weighted by atomic mass is 32.1. The smallest absolute Gasteiger partial charge is 0.169 e. The van der Waals surface area contributed by atoms with Crippen LogP contribution in [-0.4, -0.2) is 33.4 Å². The summed E-state index contributed by atoms with van der Waals surface area (Å²) in [4.78, 5) is 2.01. The quantitative estimate of drug-likeness (QED) is 0.813. The molecular formula is C12H22N4S. The summed E-state index contributed by atoms with van der Waals surface area (Å²) in [6.07, 6.45) is 1.99. The van der Waals surface area contributed by atoms with Gasteiger partial charge in [0, 0.05) is 26.3 Å². The molecule has 1 N–H and O–H groups in total. The molecule has 0 unspecified atom stereocenters. The predicted molar refractivity (Wildman–Crippen MR) is 74.8 cm³/mol. The van der Waals surface area contributed by atoms with Gasteiger partial charge in [-0.1, -0.05) is 13.8 Å². The van der Waals surface area contributed by atoms with Gasteiger partial charge in [0.05, 0.1) is 12.2 Å². The van der Waals surface area contributed by atoms with Crippen LogP contribution in [0.2, 0.25) is 0 Å². The first-order valence-electron chi connectivity index (χ1n) is 6.04. The number of rotatable bonds is 5. The monoisotopic (exact) mass is 254 g/mol. The molecule has 0 aliphatic carbocycles. The van der Waals surface area contributed by atoms with Crippen LogP contribution in [0.5, 0.6) is 0 Å². The summed E-state index contributed by atoms with van der Waals surface area (Å²) in [6.45, 7) is 8.97. The minimum Gasteiger partial charge on any atom is -0.362 e. The van der Waals surface area contributed by atoms with Gasteiger partial charge in [-0.05, 0) is 31.1 Å². The van der Waals surface area contributed by atoms with Gasteiger partial charge in [0.25, 0.3) is 0 Å². The summed E-state index contributed by atoms with van der Waals surface area (Å²) in [6, 6.07) is 2.03. The maximum atomic E-state index is 5.31. The molecule has 0 saturated carbocycles. The maximum Gasteiger partial charge on any atom is 0.169 e. The van der Waals surface area contributed by atoms with Gasteiger partial charge in [-0.2, -0.15) is 5.10 Å². The van der Waals surface area contributed by atoms with E-state index in [1.54, 1.807) is 0 Å². The standard InChI is InChI=1S/C12H22N4S/c1-5-16-7-6-11(14-16)9-15(4)12(17)13-8-10(2)3/h6-7,10H,5,8-9H2,1-4H3,(H,13,17). The van der Waals surface area contributed by atoms with E-state index >= 15 is 0 Å². The zero-order chi connectivity index (χ0) is 12.8. The Morgan fingerprint density at radius 2 is 2.29 bits per heavy atom. The lowest BCUT2D eigenvalue weighted by molar-refractivity contribution is 0.468. The van der Waals surface area contributed by atoms with E-state index < -0.39 is 0 Å². The molecule has 4 nitrogen and oxygen atoms in total. The molecular weight excluding hydrogens is 232 g/mol. The average Bonchev–Trinajstić information content (AvgIpc) is 2.73. The van der Waals surface area contributed by atoms with Crippen LogP contribution in [0.1, 0.15) is 26.5 Å². The average molecular weight is 254 g/mol. The van der Waals surface area contributed by atoms with Crippen molar-refractivity contribution in [1.82, 2.24) is 20.0 Å². The van der Waals surface area contributed by atoms with Crippen molar-refractivity contribution < 1.29 is 0 Å². The fourth-order valence-corrected chi connectivity index (χ4v) is 1.55. The molecule has 0 aliphatic heterocycles. The van der Waals surface area contributed by atoms with Crippen molar-refractivity contribution in [2.75, 3.05) is 13.6 Å². The summed E-state index contributed by atoms with van der Waals surface area (Å²) in [7, 11) is 1.99. The first-order chi connectivity index (χ1) is 8.02. The molecule has 5 heteroatoms. The molecule has 0 atom stereocenters. The molecule has 1 rings (SSSR count). The second-order valence-electron chi connectivity index (χ2n) is 4.60. The third kappa shape index (κ3) is 4.73. The number of nitrogens with one attached hydrogen (secondary N) is 1. The number of thiocarbonyl (C=S) groups is 1. The Balaban J connectivity index is 2.42. The van der Waals surface area contributed by atoms with Gasteiger partial charge in [0.2, 0.25) is 0 Å². The van der Waals surface area contributed by atoms with Crippen molar-refractivity contribution in [1.29, 1.82) is 0 Å². The van der Waals surface area contributed by atoms with E-state index in [4.69, 9.17) is 12.2 Å². The van der Waals surface area contributed by atoms with Crippen LogP contribution in [0.4, 0.5) is 0 Å². The highest BCUT2D eigenvalue weighted by Crippen LogP contribution is 2.01. The third-order valence-electron chi connectivity index (χ3n) is 2.43. The summed E-state index contributed by atoms with van der Waals surface area (Å²) < 4.78 is 1.92. The largest absolute Gasteiger partial charge is 0.362 e. The molecule has 96 valence electrons. The third-order valence-corrected chi connectivity index (χ3v) is 2.88. The van der Waals surface area contributed by atoms with Crippen LogP contribution in [0.15, 0.2) is 12.3 Å². The Kier molecular flexibility index (Phi) is 5.41. The Morgan fingerprint density at radius 3 is 2.82 bits per heavy atom. The second-order valence-corrected chi connectivity index (χ2v) is 4.99. The van der Waals surface area contributed by atoms with Crippen molar-refractivity contribution in [2.45, 2.75) is 33.9 Å². The van der Waals surface area contributed by atoms with E-state index in [2.05, 4.69) is 31.2 Å². The highest BCUT2D eigenvalue weighted by molar-refractivity contribution is 7.80. The lowest BCUT2D eigenvalue weighted by atomic mass is 10.2. The lowest BCUT2D eigenvalue weighted by Crippen LogP contribution is -2.38. The first-order valence-corrected chi connectivity index (χ1v) is 6.45. The van der Waals surface area contributed by atoms with Crippen LogP contribution < -0.4 is 5.32 Å². The Hall–Kier alpha value is -1.10. The molecule has 0 spiro atoms. The number of hydrogen-bond acceptors (Lipinski definition) is 2. The predicted octanol–water partition coefficient (Wildman–Crippen LogP) is 1.87. The summed E-state index contributed by atoms with van der Waals surface area (Å²) in [5.74, 6) is 0.598. The summed E-state index contributed by atoms with van der Waals surface area (Å²) >= 11 is 5.31. The van der Waals surface area contributed by atoms with Crippen molar-refractivity contribution in [3.8, 4) is 0 Å². The SMILES string of the molecule is CCn1ccc(CN(C)C(=S)NCC(C)C)n1. The molecule has 1 aromatic rings. The van der Waals surface area contributed by atoms with Crippen LogP contribution in [0.3, 0.4) is 0 Å². The number of aryl methyl sites for hydroxylation is 1. The lowest BCUT2D eigenvalue weighted by Gasteiger charge is -2.20. The van der Waals surface area contributed by atoms with E-state index in [-0.39, 0.29) is 0 Å². The Labute approximate surface area is 109 Å². The van der Waals surface area contributed by atoms with Crippen LogP contribution >= 0.6 is 12.2 Å². The minimum absolute atomic E-state index is 0.598. The van der Waals surface area contributed by atoms with Gasteiger partial charge in [0.1, 0.15) is 0 Å². The molecule has 0 fully saturated rings.